The first-order valence-electron chi connectivity index (χ1n) is 23.5. The van der Waals surface area contributed by atoms with Gasteiger partial charge >= 0.3 is 0 Å². The monoisotopic (exact) mass is 844 g/mol. The van der Waals surface area contributed by atoms with Gasteiger partial charge in [0.05, 0.1) is 5.41 Å². The van der Waals surface area contributed by atoms with Crippen LogP contribution >= 0.6 is 0 Å². The number of hydrogen-bond acceptors (Lipinski definition) is 0. The second-order valence-corrected chi connectivity index (χ2v) is 18.6. The fraction of sp³-hybridized carbons (Fsp3) is 0.0149. The SMILES string of the molecule is c1ccc2c(c1)-c1ccccc1C21c2c(ccc3cc(-c4ccc(-c5c6ccccc6c(-c6cccc7ccccc67)c6ccccc56)cc4)ccc23)-c2c1c1ccccc1c1ccccc21. The molecule has 13 aromatic rings. The number of fused-ring (bicyclic) bond motifs is 20. The lowest BCUT2D eigenvalue weighted by atomic mass is 9.68. The summed E-state index contributed by atoms with van der Waals surface area (Å²) in [6.07, 6.45) is 0. The van der Waals surface area contributed by atoms with Crippen molar-refractivity contribution in [1.82, 2.24) is 0 Å². The molecular weight excluding hydrogens is 805 g/mol. The second-order valence-electron chi connectivity index (χ2n) is 18.6. The minimum absolute atomic E-state index is 0.487. The van der Waals surface area contributed by atoms with E-state index in [1.54, 1.807) is 0 Å². The maximum atomic E-state index is 2.43. The van der Waals surface area contributed by atoms with Gasteiger partial charge in [-0.2, -0.15) is 0 Å². The highest BCUT2D eigenvalue weighted by Crippen LogP contribution is 2.66. The van der Waals surface area contributed by atoms with Crippen molar-refractivity contribution in [2.75, 3.05) is 0 Å². The molecule has 13 aromatic carbocycles. The molecule has 0 atom stereocenters. The minimum atomic E-state index is -0.487. The Morgan fingerprint density at radius 2 is 0.672 bits per heavy atom. The van der Waals surface area contributed by atoms with Crippen LogP contribution in [0.5, 0.6) is 0 Å². The van der Waals surface area contributed by atoms with Crippen LogP contribution in [0.3, 0.4) is 0 Å². The Hall–Kier alpha value is -8.58. The predicted octanol–water partition coefficient (Wildman–Crippen LogP) is 18.0. The van der Waals surface area contributed by atoms with Crippen molar-refractivity contribution >= 4 is 64.6 Å². The highest BCUT2D eigenvalue weighted by Gasteiger charge is 2.53. The first kappa shape index (κ1) is 36.7. The van der Waals surface area contributed by atoms with Gasteiger partial charge in [0.1, 0.15) is 0 Å². The van der Waals surface area contributed by atoms with Gasteiger partial charge in [0.15, 0.2) is 0 Å². The van der Waals surface area contributed by atoms with Gasteiger partial charge in [0.25, 0.3) is 0 Å². The van der Waals surface area contributed by atoms with Gasteiger partial charge < -0.3 is 0 Å². The van der Waals surface area contributed by atoms with E-state index in [-0.39, 0.29) is 0 Å². The molecule has 0 bridgehead atoms. The first-order valence-corrected chi connectivity index (χ1v) is 23.5. The smallest absolute Gasteiger partial charge is 0.0619 e. The summed E-state index contributed by atoms with van der Waals surface area (Å²) >= 11 is 0. The molecule has 0 nitrogen and oxygen atoms in total. The molecule has 2 aliphatic carbocycles. The van der Waals surface area contributed by atoms with Crippen molar-refractivity contribution in [1.29, 1.82) is 0 Å². The average molecular weight is 845 g/mol. The van der Waals surface area contributed by atoms with Gasteiger partial charge in [-0.15, -0.1) is 0 Å². The van der Waals surface area contributed by atoms with E-state index < -0.39 is 5.41 Å². The van der Waals surface area contributed by atoms with Gasteiger partial charge in [-0.25, -0.2) is 0 Å². The topological polar surface area (TPSA) is 0 Å². The number of benzene rings is 13. The van der Waals surface area contributed by atoms with Crippen molar-refractivity contribution in [3.8, 4) is 55.6 Å². The molecule has 308 valence electrons. The Kier molecular flexibility index (Phi) is 7.52. The Labute approximate surface area is 388 Å². The van der Waals surface area contributed by atoms with E-state index in [0.29, 0.717) is 0 Å². The van der Waals surface area contributed by atoms with E-state index in [0.717, 1.165) is 0 Å². The number of hydrogen-bond donors (Lipinski definition) is 0. The summed E-state index contributed by atoms with van der Waals surface area (Å²) in [4.78, 5) is 0. The van der Waals surface area contributed by atoms with Gasteiger partial charge in [-0.05, 0) is 149 Å². The third kappa shape index (κ3) is 4.86. The Morgan fingerprint density at radius 3 is 1.33 bits per heavy atom. The molecule has 0 fully saturated rings. The molecule has 0 saturated carbocycles. The average Bonchev–Trinajstić information content (AvgIpc) is 3.88. The second kappa shape index (κ2) is 13.7. The maximum Gasteiger partial charge on any atom is 0.0737 e. The Morgan fingerprint density at radius 1 is 0.209 bits per heavy atom. The molecule has 67 heavy (non-hydrogen) atoms. The molecule has 2 aliphatic rings. The van der Waals surface area contributed by atoms with Crippen LogP contribution < -0.4 is 0 Å². The zero-order valence-electron chi connectivity index (χ0n) is 36.6. The van der Waals surface area contributed by atoms with Crippen LogP contribution in [-0.2, 0) is 5.41 Å². The molecule has 15 rings (SSSR count). The van der Waals surface area contributed by atoms with Gasteiger partial charge in [-0.1, -0.05) is 237 Å². The van der Waals surface area contributed by atoms with Crippen molar-refractivity contribution in [3.05, 3.63) is 265 Å². The fourth-order valence-electron chi connectivity index (χ4n) is 12.8. The van der Waals surface area contributed by atoms with E-state index in [1.165, 1.54) is 143 Å². The van der Waals surface area contributed by atoms with Gasteiger partial charge in [0, 0.05) is 0 Å². The van der Waals surface area contributed by atoms with E-state index in [9.17, 15) is 0 Å². The third-order valence-electron chi connectivity index (χ3n) is 15.4. The lowest BCUT2D eigenvalue weighted by Gasteiger charge is -2.32. The first-order chi connectivity index (χ1) is 33.3. The van der Waals surface area contributed by atoms with Crippen molar-refractivity contribution < 1.29 is 0 Å². The van der Waals surface area contributed by atoms with Gasteiger partial charge in [0.2, 0.25) is 0 Å². The van der Waals surface area contributed by atoms with E-state index >= 15 is 0 Å². The largest absolute Gasteiger partial charge is 0.0737 e. The molecule has 0 radical (unpaired) electrons. The molecule has 0 unspecified atom stereocenters. The summed E-state index contributed by atoms with van der Waals surface area (Å²) in [5.41, 5.74) is 17.9. The molecule has 0 N–H and O–H groups in total. The maximum absolute atomic E-state index is 2.43. The normalized spacial score (nSPS) is 13.2. The molecule has 0 heterocycles. The summed E-state index contributed by atoms with van der Waals surface area (Å²) < 4.78 is 0. The van der Waals surface area contributed by atoms with Crippen LogP contribution in [0.25, 0.3) is 120 Å². The third-order valence-corrected chi connectivity index (χ3v) is 15.4. The lowest BCUT2D eigenvalue weighted by Crippen LogP contribution is -2.26. The zero-order valence-corrected chi connectivity index (χ0v) is 36.6. The molecule has 0 aromatic heterocycles. The van der Waals surface area contributed by atoms with E-state index in [4.69, 9.17) is 0 Å². The lowest BCUT2D eigenvalue weighted by molar-refractivity contribution is 0.809. The quantitative estimate of drug-likeness (QED) is 0.123. The number of rotatable bonds is 3. The van der Waals surface area contributed by atoms with E-state index in [2.05, 4.69) is 243 Å². The van der Waals surface area contributed by atoms with Gasteiger partial charge in [-0.3, -0.25) is 0 Å². The Bertz CT molecular complexity index is 4150. The van der Waals surface area contributed by atoms with Crippen LogP contribution in [0.15, 0.2) is 243 Å². The van der Waals surface area contributed by atoms with Crippen LogP contribution in [0.4, 0.5) is 0 Å². The molecule has 0 aliphatic heterocycles. The van der Waals surface area contributed by atoms with Crippen LogP contribution in [0.2, 0.25) is 0 Å². The highest BCUT2D eigenvalue weighted by molar-refractivity contribution is 6.24. The molecule has 0 heteroatoms. The highest BCUT2D eigenvalue weighted by atomic mass is 14.5. The molecule has 0 amide bonds. The van der Waals surface area contributed by atoms with Crippen molar-refractivity contribution in [2.24, 2.45) is 0 Å². The summed E-state index contributed by atoms with van der Waals surface area (Å²) in [6.45, 7) is 0. The van der Waals surface area contributed by atoms with Crippen LogP contribution in [0.1, 0.15) is 22.3 Å². The fourth-order valence-corrected chi connectivity index (χ4v) is 12.8. The molecule has 0 saturated heterocycles. The minimum Gasteiger partial charge on any atom is -0.0619 e. The van der Waals surface area contributed by atoms with Crippen LogP contribution in [-0.4, -0.2) is 0 Å². The van der Waals surface area contributed by atoms with E-state index in [1.807, 2.05) is 0 Å². The predicted molar refractivity (Wildman–Crippen MR) is 284 cm³/mol. The summed E-state index contributed by atoms with van der Waals surface area (Å²) in [5.74, 6) is 0. The van der Waals surface area contributed by atoms with Crippen molar-refractivity contribution in [2.45, 2.75) is 5.41 Å². The molecule has 1 spiro atoms. The standard InChI is InChI=1S/C67H40/c1-2-18-46-42(16-1)17-15-29-52(46)63-56-26-8-6-24-54(56)62(55-25-7-9-27-57(55)63)43-34-32-41(33-35-43)44-36-38-47-45(40-44)37-39-59-64-53-23-5-3-19-48(53)49-20-4-10-28-58(49)66(64)67(65(47)59)60-30-13-11-21-50(60)51-22-12-14-31-61(51)67/h1-40H. The zero-order chi connectivity index (χ0) is 43.8. The summed E-state index contributed by atoms with van der Waals surface area (Å²) in [7, 11) is 0. The summed E-state index contributed by atoms with van der Waals surface area (Å²) in [5, 5.41) is 15.4. The van der Waals surface area contributed by atoms with Crippen molar-refractivity contribution in [3.63, 3.8) is 0 Å². The van der Waals surface area contributed by atoms with Crippen LogP contribution in [0, 0.1) is 0 Å². The summed E-state index contributed by atoms with van der Waals surface area (Å²) in [6, 6.07) is 91.3. The Balaban J connectivity index is 0.926. The molecular formula is C67H40.